The minimum Gasteiger partial charge on any atom is -0.465 e. The van der Waals surface area contributed by atoms with Crippen LogP contribution in [0.5, 0.6) is 0 Å². The molecule has 0 bridgehead atoms. The van der Waals surface area contributed by atoms with Crippen molar-refractivity contribution in [1.82, 2.24) is 4.90 Å². The number of nitriles is 1. The lowest BCUT2D eigenvalue weighted by molar-refractivity contribution is -0.150. The van der Waals surface area contributed by atoms with Crippen molar-refractivity contribution in [3.8, 4) is 6.07 Å². The molecule has 0 aromatic heterocycles. The third kappa shape index (κ3) is 3.49. The molecule has 90 valence electrons. The molecule has 1 rings (SSSR count). The lowest BCUT2D eigenvalue weighted by Gasteiger charge is -2.28. The highest BCUT2D eigenvalue weighted by atomic mass is 16.5. The Hall–Kier alpha value is -1.08. The molecule has 0 amide bonds. The van der Waals surface area contributed by atoms with Gasteiger partial charge in [0, 0.05) is 19.0 Å². The first-order valence-corrected chi connectivity index (χ1v) is 6.03. The van der Waals surface area contributed by atoms with Gasteiger partial charge in [-0.2, -0.15) is 5.26 Å². The third-order valence-corrected chi connectivity index (χ3v) is 2.84. The number of carbonyl (C=O) groups excluding carboxylic acids is 1. The van der Waals surface area contributed by atoms with Crippen LogP contribution in [-0.2, 0) is 9.53 Å². The lowest BCUT2D eigenvalue weighted by atomic mass is 10.1. The van der Waals surface area contributed by atoms with Gasteiger partial charge in [0.25, 0.3) is 0 Å². The van der Waals surface area contributed by atoms with Crippen LogP contribution in [0.25, 0.3) is 0 Å². The van der Waals surface area contributed by atoms with E-state index in [1.54, 1.807) is 0 Å². The summed E-state index contributed by atoms with van der Waals surface area (Å²) in [6, 6.07) is 2.46. The summed E-state index contributed by atoms with van der Waals surface area (Å²) in [6.07, 6.45) is 3.51. The largest absolute Gasteiger partial charge is 0.465 e. The zero-order valence-corrected chi connectivity index (χ0v) is 10.1. The summed E-state index contributed by atoms with van der Waals surface area (Å²) in [6.45, 7) is 4.91. The molecule has 0 radical (unpaired) electrons. The van der Waals surface area contributed by atoms with Crippen molar-refractivity contribution < 1.29 is 9.53 Å². The van der Waals surface area contributed by atoms with Crippen LogP contribution < -0.4 is 0 Å². The van der Waals surface area contributed by atoms with Crippen molar-refractivity contribution in [3.05, 3.63) is 0 Å². The molecular formula is C12H20N2O2. The lowest BCUT2D eigenvalue weighted by Crippen LogP contribution is -2.43. The summed E-state index contributed by atoms with van der Waals surface area (Å²) < 4.78 is 5.07. The fraction of sp³-hybridized carbons (Fsp3) is 0.833. The average Bonchev–Trinajstić information content (AvgIpc) is 3.08. The van der Waals surface area contributed by atoms with Gasteiger partial charge in [-0.25, -0.2) is 0 Å². The number of hydrogen-bond donors (Lipinski definition) is 0. The summed E-state index contributed by atoms with van der Waals surface area (Å²) in [5.41, 5.74) is 0. The van der Waals surface area contributed by atoms with E-state index in [4.69, 9.17) is 10.00 Å². The Kier molecular flexibility index (Phi) is 5.27. The fourth-order valence-corrected chi connectivity index (χ4v) is 1.95. The molecule has 1 unspecified atom stereocenters. The fourth-order valence-electron chi connectivity index (χ4n) is 1.95. The van der Waals surface area contributed by atoms with Gasteiger partial charge in [0.15, 0.2) is 0 Å². The highest BCUT2D eigenvalue weighted by Crippen LogP contribution is 2.29. The highest BCUT2D eigenvalue weighted by molar-refractivity contribution is 5.75. The molecule has 0 aromatic carbocycles. The van der Waals surface area contributed by atoms with E-state index in [9.17, 15) is 4.79 Å². The van der Waals surface area contributed by atoms with Crippen LogP contribution in [0.2, 0.25) is 0 Å². The number of nitrogens with zero attached hydrogens (tertiary/aromatic N) is 2. The molecule has 1 saturated carbocycles. The first-order chi connectivity index (χ1) is 7.74. The van der Waals surface area contributed by atoms with Crippen molar-refractivity contribution >= 4 is 5.97 Å². The molecule has 1 aliphatic rings. The average molecular weight is 224 g/mol. The van der Waals surface area contributed by atoms with Crippen molar-refractivity contribution in [2.45, 2.75) is 51.6 Å². The minimum absolute atomic E-state index is 0.144. The van der Waals surface area contributed by atoms with E-state index in [1.165, 1.54) is 0 Å². The van der Waals surface area contributed by atoms with Crippen LogP contribution in [0.4, 0.5) is 0 Å². The molecule has 4 nitrogen and oxygen atoms in total. The highest BCUT2D eigenvalue weighted by Gasteiger charge is 2.36. The van der Waals surface area contributed by atoms with E-state index in [1.807, 2.05) is 13.8 Å². The predicted molar refractivity (Wildman–Crippen MR) is 60.7 cm³/mol. The maximum absolute atomic E-state index is 11.8. The van der Waals surface area contributed by atoms with Crippen molar-refractivity contribution in [2.24, 2.45) is 0 Å². The third-order valence-electron chi connectivity index (χ3n) is 2.84. The molecule has 1 aliphatic carbocycles. The van der Waals surface area contributed by atoms with Gasteiger partial charge >= 0.3 is 5.97 Å². The first-order valence-electron chi connectivity index (χ1n) is 6.03. The van der Waals surface area contributed by atoms with E-state index in [2.05, 4.69) is 11.0 Å². The Morgan fingerprint density at radius 2 is 2.25 bits per heavy atom. The summed E-state index contributed by atoms with van der Waals surface area (Å²) in [4.78, 5) is 13.9. The van der Waals surface area contributed by atoms with Gasteiger partial charge < -0.3 is 4.74 Å². The van der Waals surface area contributed by atoms with Gasteiger partial charge in [-0.05, 0) is 26.2 Å². The number of rotatable bonds is 7. The van der Waals surface area contributed by atoms with Crippen LogP contribution in [0.1, 0.15) is 39.5 Å². The molecule has 4 heteroatoms. The summed E-state index contributed by atoms with van der Waals surface area (Å²) in [7, 11) is 0. The van der Waals surface area contributed by atoms with E-state index in [0.717, 1.165) is 19.3 Å². The molecule has 0 aliphatic heterocycles. The topological polar surface area (TPSA) is 53.3 Å². The van der Waals surface area contributed by atoms with Crippen LogP contribution >= 0.6 is 0 Å². The molecule has 0 saturated heterocycles. The Morgan fingerprint density at radius 1 is 1.56 bits per heavy atom. The van der Waals surface area contributed by atoms with Crippen molar-refractivity contribution in [2.75, 3.05) is 13.2 Å². The van der Waals surface area contributed by atoms with Crippen molar-refractivity contribution in [1.29, 1.82) is 5.26 Å². The maximum atomic E-state index is 11.8. The number of esters is 1. The quantitative estimate of drug-likeness (QED) is 0.618. The minimum atomic E-state index is -0.166. The summed E-state index contributed by atoms with van der Waals surface area (Å²) in [5, 5.41) is 8.62. The smallest absolute Gasteiger partial charge is 0.323 e. The second kappa shape index (κ2) is 6.49. The van der Waals surface area contributed by atoms with Gasteiger partial charge in [-0.3, -0.25) is 9.69 Å². The Bertz CT molecular complexity index is 269. The van der Waals surface area contributed by atoms with Gasteiger partial charge in [0.05, 0.1) is 12.7 Å². The monoisotopic (exact) mass is 224 g/mol. The zero-order valence-electron chi connectivity index (χ0n) is 10.1. The summed E-state index contributed by atoms with van der Waals surface area (Å²) >= 11 is 0. The van der Waals surface area contributed by atoms with Crippen molar-refractivity contribution in [3.63, 3.8) is 0 Å². The van der Waals surface area contributed by atoms with Gasteiger partial charge in [0.1, 0.15) is 6.04 Å². The first kappa shape index (κ1) is 13.0. The maximum Gasteiger partial charge on any atom is 0.323 e. The molecular weight excluding hydrogens is 204 g/mol. The molecule has 1 atom stereocenters. The van der Waals surface area contributed by atoms with Gasteiger partial charge in [0.2, 0.25) is 0 Å². The molecule has 0 N–H and O–H groups in total. The van der Waals surface area contributed by atoms with Crippen LogP contribution in [-0.4, -0.2) is 36.1 Å². The second-order valence-electron chi connectivity index (χ2n) is 4.05. The number of carbonyl (C=O) groups is 1. The molecule has 0 aromatic rings. The number of ether oxygens (including phenoxy) is 1. The summed E-state index contributed by atoms with van der Waals surface area (Å²) in [5.74, 6) is -0.144. The molecule has 1 fully saturated rings. The predicted octanol–water partition coefficient (Wildman–Crippen LogP) is 1.71. The normalized spacial score (nSPS) is 16.9. The zero-order chi connectivity index (χ0) is 12.0. The Labute approximate surface area is 97.2 Å². The van der Waals surface area contributed by atoms with Crippen LogP contribution in [0.15, 0.2) is 0 Å². The van der Waals surface area contributed by atoms with Crippen LogP contribution in [0, 0.1) is 11.3 Å². The Balaban J connectivity index is 2.58. The standard InChI is InChI=1S/C12H20N2O2/c1-3-11(12(15)16-4-2)14(9-5-8-13)10-6-7-10/h10-11H,3-7,9H2,1-2H3. The van der Waals surface area contributed by atoms with Crippen LogP contribution in [0.3, 0.4) is 0 Å². The van der Waals surface area contributed by atoms with Gasteiger partial charge in [-0.15, -0.1) is 0 Å². The van der Waals surface area contributed by atoms with E-state index < -0.39 is 0 Å². The molecule has 16 heavy (non-hydrogen) atoms. The Morgan fingerprint density at radius 3 is 2.69 bits per heavy atom. The SMILES string of the molecule is CCOC(=O)C(CC)N(CCC#N)C1CC1. The van der Waals surface area contributed by atoms with E-state index >= 15 is 0 Å². The molecule has 0 spiro atoms. The van der Waals surface area contributed by atoms with Gasteiger partial charge in [-0.1, -0.05) is 6.92 Å². The number of hydrogen-bond acceptors (Lipinski definition) is 4. The molecule has 0 heterocycles. The van der Waals surface area contributed by atoms with E-state index in [-0.39, 0.29) is 12.0 Å². The van der Waals surface area contributed by atoms with E-state index in [0.29, 0.717) is 25.6 Å². The second-order valence-corrected chi connectivity index (χ2v) is 4.05.